The van der Waals surface area contributed by atoms with E-state index in [1.807, 2.05) is 12.1 Å². The lowest BCUT2D eigenvalue weighted by Gasteiger charge is -2.24. The smallest absolute Gasteiger partial charge is 0.265 e. The molecule has 1 aliphatic rings. The zero-order chi connectivity index (χ0) is 37.0. The van der Waals surface area contributed by atoms with Crippen LogP contribution >= 0.6 is 46.4 Å². The highest BCUT2D eigenvalue weighted by Gasteiger charge is 2.31. The predicted molar refractivity (Wildman–Crippen MR) is 215 cm³/mol. The SMILES string of the molecule is CCCCCCCCCCCCC(Oc1ccc(C(C)(C)CC)cc1)C(=O)Nc1ccc(Cl)c(N=C2CC(=O)N(c3c(Cl)cc(Cl)cc3Cl)N2)c1. The Balaban J connectivity index is 1.43. The number of benzene rings is 3. The number of carbonyl (C=O) groups is 2. The van der Waals surface area contributed by atoms with Crippen LogP contribution in [-0.2, 0) is 15.0 Å². The fourth-order valence-electron chi connectivity index (χ4n) is 5.90. The Kier molecular flexibility index (Phi) is 15.8. The van der Waals surface area contributed by atoms with E-state index in [0.29, 0.717) is 39.4 Å². The Morgan fingerprint density at radius 3 is 2.08 bits per heavy atom. The van der Waals surface area contributed by atoms with Crippen LogP contribution in [0.25, 0.3) is 0 Å². The molecule has 0 saturated carbocycles. The van der Waals surface area contributed by atoms with Gasteiger partial charge in [-0.25, -0.2) is 10.0 Å². The first kappa shape index (κ1) is 40.8. The second-order valence-electron chi connectivity index (χ2n) is 13.8. The van der Waals surface area contributed by atoms with E-state index >= 15 is 0 Å². The fraction of sp³-hybridized carbons (Fsp3) is 0.475. The normalized spacial score (nSPS) is 14.5. The van der Waals surface area contributed by atoms with E-state index in [2.05, 4.69) is 55.6 Å². The van der Waals surface area contributed by atoms with Crippen molar-refractivity contribution in [3.8, 4) is 5.75 Å². The van der Waals surface area contributed by atoms with Gasteiger partial charge in [-0.1, -0.05) is 144 Å². The van der Waals surface area contributed by atoms with Gasteiger partial charge in [0, 0.05) is 10.7 Å². The summed E-state index contributed by atoms with van der Waals surface area (Å²) in [4.78, 5) is 31.3. The van der Waals surface area contributed by atoms with Crippen LogP contribution in [0.1, 0.15) is 117 Å². The van der Waals surface area contributed by atoms with Gasteiger partial charge < -0.3 is 10.1 Å². The Morgan fingerprint density at radius 2 is 1.47 bits per heavy atom. The maximum atomic E-state index is 13.7. The average Bonchev–Trinajstić information content (AvgIpc) is 3.44. The highest BCUT2D eigenvalue weighted by Crippen LogP contribution is 2.38. The number of anilines is 2. The number of amidine groups is 1. The molecule has 276 valence electrons. The number of hydrogen-bond donors (Lipinski definition) is 2. The van der Waals surface area contributed by atoms with Crippen molar-refractivity contribution >= 4 is 81.1 Å². The monoisotopic (exact) mass is 774 g/mol. The third-order valence-electron chi connectivity index (χ3n) is 9.39. The van der Waals surface area contributed by atoms with Crippen LogP contribution in [0.15, 0.2) is 59.6 Å². The van der Waals surface area contributed by atoms with E-state index < -0.39 is 6.10 Å². The van der Waals surface area contributed by atoms with Crippen LogP contribution in [0.3, 0.4) is 0 Å². The standard InChI is InChI=1S/C40H50Cl4N4O3/c1-5-7-8-9-10-11-12-13-14-15-16-35(51-30-20-17-27(18-21-30)40(3,4)6-2)39(50)45-29-19-22-31(42)34(25-29)46-36-26-37(49)48(47-36)38-32(43)23-28(41)24-33(38)44/h17-25,35H,5-16,26H2,1-4H3,(H,45,50)(H,46,47). The maximum Gasteiger partial charge on any atom is 0.265 e. The molecule has 1 aliphatic heterocycles. The van der Waals surface area contributed by atoms with Gasteiger partial charge in [-0.15, -0.1) is 0 Å². The number of amides is 2. The van der Waals surface area contributed by atoms with Crippen LogP contribution in [0.5, 0.6) is 5.75 Å². The van der Waals surface area contributed by atoms with E-state index in [1.54, 1.807) is 18.2 Å². The summed E-state index contributed by atoms with van der Waals surface area (Å²) >= 11 is 25.3. The molecule has 1 unspecified atom stereocenters. The highest BCUT2D eigenvalue weighted by atomic mass is 35.5. The first-order valence-corrected chi connectivity index (χ1v) is 19.6. The number of rotatable bonds is 19. The van der Waals surface area contributed by atoms with Crippen molar-refractivity contribution < 1.29 is 14.3 Å². The van der Waals surface area contributed by atoms with E-state index in [0.717, 1.165) is 25.7 Å². The summed E-state index contributed by atoms with van der Waals surface area (Å²) in [6, 6.07) is 16.1. The average molecular weight is 777 g/mol. The summed E-state index contributed by atoms with van der Waals surface area (Å²) in [5.41, 5.74) is 5.40. The van der Waals surface area contributed by atoms with Gasteiger partial charge in [0.25, 0.3) is 11.8 Å². The molecular weight excluding hydrogens is 726 g/mol. The van der Waals surface area contributed by atoms with Gasteiger partial charge in [0.15, 0.2) is 6.10 Å². The van der Waals surface area contributed by atoms with E-state index in [4.69, 9.17) is 51.1 Å². The van der Waals surface area contributed by atoms with Crippen LogP contribution in [0.4, 0.5) is 17.1 Å². The van der Waals surface area contributed by atoms with Gasteiger partial charge in [0.05, 0.1) is 27.2 Å². The zero-order valence-corrected chi connectivity index (χ0v) is 33.1. The molecule has 1 saturated heterocycles. The molecule has 1 fully saturated rings. The number of hydrogen-bond acceptors (Lipinski definition) is 4. The third kappa shape index (κ3) is 12.0. The molecule has 0 bridgehead atoms. The highest BCUT2D eigenvalue weighted by molar-refractivity contribution is 6.42. The van der Waals surface area contributed by atoms with Crippen molar-refractivity contribution in [1.82, 2.24) is 5.43 Å². The minimum atomic E-state index is -0.689. The second kappa shape index (κ2) is 19.8. The Hall–Kier alpha value is -2.97. The summed E-state index contributed by atoms with van der Waals surface area (Å²) in [6.07, 6.45) is 13.0. The lowest BCUT2D eigenvalue weighted by atomic mass is 9.82. The summed E-state index contributed by atoms with van der Waals surface area (Å²) in [6.45, 7) is 8.86. The molecule has 0 spiro atoms. The summed E-state index contributed by atoms with van der Waals surface area (Å²) in [5, 5.41) is 5.39. The van der Waals surface area contributed by atoms with Crippen LogP contribution in [-0.4, -0.2) is 23.8 Å². The van der Waals surface area contributed by atoms with E-state index in [-0.39, 0.29) is 39.4 Å². The molecule has 51 heavy (non-hydrogen) atoms. The predicted octanol–water partition coefficient (Wildman–Crippen LogP) is 12.7. The molecule has 3 aromatic rings. The summed E-state index contributed by atoms with van der Waals surface area (Å²) < 4.78 is 6.34. The molecule has 0 aliphatic carbocycles. The second-order valence-corrected chi connectivity index (χ2v) is 15.4. The molecule has 1 heterocycles. The molecule has 0 radical (unpaired) electrons. The number of unbranched alkanes of at least 4 members (excludes halogenated alkanes) is 9. The number of hydrazine groups is 1. The largest absolute Gasteiger partial charge is 0.481 e. The molecule has 11 heteroatoms. The molecule has 7 nitrogen and oxygen atoms in total. The van der Waals surface area contributed by atoms with Crippen LogP contribution in [0, 0.1) is 0 Å². The molecule has 2 N–H and O–H groups in total. The first-order chi connectivity index (χ1) is 24.4. The number of nitrogens with zero attached hydrogens (tertiary/aromatic N) is 2. The van der Waals surface area contributed by atoms with Gasteiger partial charge in [0.2, 0.25) is 0 Å². The number of aliphatic imine (C=N–C) groups is 1. The van der Waals surface area contributed by atoms with Gasteiger partial charge in [-0.2, -0.15) is 0 Å². The van der Waals surface area contributed by atoms with Crippen molar-refractivity contribution in [2.24, 2.45) is 4.99 Å². The molecular formula is C40H50Cl4N4O3. The van der Waals surface area contributed by atoms with Crippen LogP contribution < -0.4 is 20.5 Å². The lowest BCUT2D eigenvalue weighted by molar-refractivity contribution is -0.123. The van der Waals surface area contributed by atoms with Gasteiger partial charge in [0.1, 0.15) is 17.3 Å². The number of halogens is 4. The molecule has 0 aromatic heterocycles. The quantitative estimate of drug-likeness (QED) is 0.119. The van der Waals surface area contributed by atoms with Crippen LogP contribution in [0.2, 0.25) is 20.1 Å². The van der Waals surface area contributed by atoms with Crippen molar-refractivity contribution in [2.45, 2.75) is 123 Å². The minimum absolute atomic E-state index is 0.0365. The first-order valence-electron chi connectivity index (χ1n) is 18.1. The van der Waals surface area contributed by atoms with E-state index in [9.17, 15) is 9.59 Å². The topological polar surface area (TPSA) is 83.0 Å². The van der Waals surface area contributed by atoms with Crippen molar-refractivity contribution in [3.05, 3.63) is 80.3 Å². The van der Waals surface area contributed by atoms with Gasteiger partial charge >= 0.3 is 0 Å². The van der Waals surface area contributed by atoms with Crippen molar-refractivity contribution in [3.63, 3.8) is 0 Å². The Bertz CT molecular complexity index is 1640. The molecule has 3 aromatic carbocycles. The lowest BCUT2D eigenvalue weighted by Crippen LogP contribution is -2.36. The molecule has 1 atom stereocenters. The van der Waals surface area contributed by atoms with Gasteiger partial charge in [-0.05, 0) is 72.7 Å². The summed E-state index contributed by atoms with van der Waals surface area (Å²) in [5.74, 6) is 0.434. The van der Waals surface area contributed by atoms with E-state index in [1.165, 1.54) is 67.7 Å². The third-order valence-corrected chi connectivity index (χ3v) is 10.5. The zero-order valence-electron chi connectivity index (χ0n) is 30.1. The number of carbonyl (C=O) groups excluding carboxylic acids is 2. The Labute approximate surface area is 323 Å². The number of nitrogens with one attached hydrogen (secondary N) is 2. The summed E-state index contributed by atoms with van der Waals surface area (Å²) in [7, 11) is 0. The van der Waals surface area contributed by atoms with Gasteiger partial charge in [-0.3, -0.25) is 15.0 Å². The minimum Gasteiger partial charge on any atom is -0.481 e. The van der Waals surface area contributed by atoms with Crippen molar-refractivity contribution in [2.75, 3.05) is 10.3 Å². The molecule has 4 rings (SSSR count). The van der Waals surface area contributed by atoms with Crippen molar-refractivity contribution in [1.29, 1.82) is 0 Å². The fourth-order valence-corrected chi connectivity index (χ4v) is 7.05. The molecule has 2 amide bonds. The Morgan fingerprint density at radius 1 is 0.863 bits per heavy atom. The number of ether oxygens (including phenoxy) is 1. The maximum absolute atomic E-state index is 13.7.